The summed E-state index contributed by atoms with van der Waals surface area (Å²) in [5.74, 6) is 0. The molecule has 0 aliphatic carbocycles. The lowest BCUT2D eigenvalue weighted by Gasteiger charge is -2.32. The average molecular weight is 404 g/mol. The lowest BCUT2D eigenvalue weighted by Crippen LogP contribution is -2.53. The van der Waals surface area contributed by atoms with Crippen LogP contribution in [0.15, 0.2) is 54.9 Å². The Morgan fingerprint density at radius 1 is 1.17 bits per heavy atom. The maximum absolute atomic E-state index is 12.8. The summed E-state index contributed by atoms with van der Waals surface area (Å²) in [6.07, 6.45) is -4.81. The van der Waals surface area contributed by atoms with Crippen LogP contribution in [0, 0.1) is 0 Å². The second-order valence-corrected chi connectivity index (χ2v) is 7.27. The Morgan fingerprint density at radius 2 is 1.93 bits per heavy atom. The maximum atomic E-state index is 12.8. The van der Waals surface area contributed by atoms with E-state index in [-0.39, 0.29) is 12.6 Å². The molecule has 29 heavy (non-hydrogen) atoms. The average Bonchev–Trinajstić information content (AvgIpc) is 3.16. The molecule has 2 heterocycles. The van der Waals surface area contributed by atoms with Gasteiger partial charge in [-0.25, -0.2) is 4.98 Å². The van der Waals surface area contributed by atoms with Crippen LogP contribution in [0.1, 0.15) is 18.5 Å². The highest BCUT2D eigenvalue weighted by molar-refractivity contribution is 5.77. The van der Waals surface area contributed by atoms with Crippen molar-refractivity contribution in [1.82, 2.24) is 20.2 Å². The van der Waals surface area contributed by atoms with Crippen molar-refractivity contribution in [3.05, 3.63) is 60.4 Å². The maximum Gasteiger partial charge on any atom is 0.415 e. The fourth-order valence-electron chi connectivity index (χ4n) is 3.53. The van der Waals surface area contributed by atoms with Crippen LogP contribution in [0.2, 0.25) is 0 Å². The monoisotopic (exact) mass is 404 g/mol. The molecule has 3 unspecified atom stereocenters. The van der Waals surface area contributed by atoms with Crippen molar-refractivity contribution in [3.63, 3.8) is 0 Å². The Kier molecular flexibility index (Phi) is 5.58. The molecule has 154 valence electrons. The first-order valence-corrected chi connectivity index (χ1v) is 9.60. The van der Waals surface area contributed by atoms with E-state index in [1.165, 1.54) is 0 Å². The zero-order valence-corrected chi connectivity index (χ0v) is 16.0. The van der Waals surface area contributed by atoms with Gasteiger partial charge in [-0.2, -0.15) is 13.2 Å². The van der Waals surface area contributed by atoms with Gasteiger partial charge in [-0.3, -0.25) is 4.57 Å². The summed E-state index contributed by atoms with van der Waals surface area (Å²) in [6.45, 7) is 2.53. The van der Waals surface area contributed by atoms with E-state index in [1.807, 2.05) is 60.0 Å². The molecule has 5 nitrogen and oxygen atoms in total. The SMILES string of the molecule is CC(NCC1CNCC(C(F)(F)F)O1)c1ccc(-n2cnc3ccccc32)cc1. The summed E-state index contributed by atoms with van der Waals surface area (Å²) >= 11 is 0. The summed E-state index contributed by atoms with van der Waals surface area (Å²) in [4.78, 5) is 4.41. The quantitative estimate of drug-likeness (QED) is 0.682. The molecule has 2 N–H and O–H groups in total. The lowest BCUT2D eigenvalue weighted by molar-refractivity contribution is -0.238. The lowest BCUT2D eigenvalue weighted by atomic mass is 10.1. The molecule has 8 heteroatoms. The first-order valence-electron chi connectivity index (χ1n) is 9.60. The van der Waals surface area contributed by atoms with Crippen molar-refractivity contribution in [2.75, 3.05) is 19.6 Å². The molecule has 0 amide bonds. The number of para-hydroxylation sites is 2. The van der Waals surface area contributed by atoms with Gasteiger partial charge in [0.25, 0.3) is 0 Å². The van der Waals surface area contributed by atoms with Crippen LogP contribution in [0.4, 0.5) is 13.2 Å². The number of ether oxygens (including phenoxy) is 1. The number of benzene rings is 2. The normalized spacial score (nSPS) is 21.4. The first kappa shape index (κ1) is 19.9. The van der Waals surface area contributed by atoms with Gasteiger partial charge in [-0.05, 0) is 36.8 Å². The number of nitrogens with one attached hydrogen (secondary N) is 2. The number of hydrogen-bond donors (Lipinski definition) is 2. The summed E-state index contributed by atoms with van der Waals surface area (Å²) in [7, 11) is 0. The fraction of sp³-hybridized carbons (Fsp3) is 0.381. The standard InChI is InChI=1S/C21H23F3N4O/c1-14(26-11-17-10-25-12-20(29-17)21(22,23)24)15-6-8-16(9-7-15)28-13-27-18-4-2-3-5-19(18)28/h2-9,13-14,17,20,25-26H,10-12H2,1H3. The Morgan fingerprint density at radius 3 is 2.69 bits per heavy atom. The largest absolute Gasteiger partial charge is 0.415 e. The van der Waals surface area contributed by atoms with E-state index < -0.39 is 18.4 Å². The third-order valence-corrected chi connectivity index (χ3v) is 5.20. The van der Waals surface area contributed by atoms with E-state index >= 15 is 0 Å². The highest BCUT2D eigenvalue weighted by Gasteiger charge is 2.43. The van der Waals surface area contributed by atoms with Crippen molar-refractivity contribution in [3.8, 4) is 5.69 Å². The second kappa shape index (κ2) is 8.14. The number of fused-ring (bicyclic) bond motifs is 1. The number of imidazole rings is 1. The van der Waals surface area contributed by atoms with Crippen LogP contribution >= 0.6 is 0 Å². The molecule has 1 aliphatic heterocycles. The Labute approximate surface area is 166 Å². The van der Waals surface area contributed by atoms with Crippen molar-refractivity contribution in [2.24, 2.45) is 0 Å². The number of alkyl halides is 3. The van der Waals surface area contributed by atoms with Crippen LogP contribution in [-0.4, -0.2) is 47.6 Å². The second-order valence-electron chi connectivity index (χ2n) is 7.27. The molecule has 3 aromatic rings. The molecule has 0 bridgehead atoms. The van der Waals surface area contributed by atoms with Gasteiger partial charge >= 0.3 is 6.18 Å². The summed E-state index contributed by atoms with van der Waals surface area (Å²) in [6, 6.07) is 16.0. The minimum Gasteiger partial charge on any atom is -0.362 e. The number of nitrogens with zero attached hydrogens (tertiary/aromatic N) is 2. The minimum absolute atomic E-state index is 0.0153. The van der Waals surface area contributed by atoms with Crippen molar-refractivity contribution < 1.29 is 17.9 Å². The van der Waals surface area contributed by atoms with Gasteiger partial charge in [0.05, 0.1) is 17.1 Å². The molecule has 1 aliphatic rings. The molecular weight excluding hydrogens is 381 g/mol. The minimum atomic E-state index is -4.34. The number of rotatable bonds is 5. The van der Waals surface area contributed by atoms with E-state index in [4.69, 9.17) is 4.74 Å². The number of hydrogen-bond acceptors (Lipinski definition) is 4. The zero-order chi connectivity index (χ0) is 20.4. The topological polar surface area (TPSA) is 51.1 Å². The van der Waals surface area contributed by atoms with E-state index in [9.17, 15) is 13.2 Å². The molecule has 1 aromatic heterocycles. The molecular formula is C21H23F3N4O. The Balaban J connectivity index is 1.38. The van der Waals surface area contributed by atoms with E-state index in [2.05, 4.69) is 15.6 Å². The van der Waals surface area contributed by atoms with Gasteiger partial charge < -0.3 is 15.4 Å². The van der Waals surface area contributed by atoms with Crippen molar-refractivity contribution in [1.29, 1.82) is 0 Å². The van der Waals surface area contributed by atoms with Crippen molar-refractivity contribution in [2.45, 2.75) is 31.3 Å². The summed E-state index contributed by atoms with van der Waals surface area (Å²) < 4.78 is 45.7. The third kappa shape index (κ3) is 4.44. The van der Waals surface area contributed by atoms with Crippen LogP contribution in [-0.2, 0) is 4.74 Å². The molecule has 1 saturated heterocycles. The van der Waals surface area contributed by atoms with E-state index in [1.54, 1.807) is 6.33 Å². The molecule has 0 spiro atoms. The van der Waals surface area contributed by atoms with Crippen molar-refractivity contribution >= 4 is 11.0 Å². The zero-order valence-electron chi connectivity index (χ0n) is 16.0. The van der Waals surface area contributed by atoms with E-state index in [0.29, 0.717) is 13.1 Å². The summed E-state index contributed by atoms with van der Waals surface area (Å²) in [5.41, 5.74) is 4.02. The van der Waals surface area contributed by atoms with Crippen LogP contribution in [0.5, 0.6) is 0 Å². The van der Waals surface area contributed by atoms with Gasteiger partial charge in [0.2, 0.25) is 0 Å². The van der Waals surface area contributed by atoms with Gasteiger partial charge in [-0.15, -0.1) is 0 Å². The van der Waals surface area contributed by atoms with Crippen LogP contribution in [0.25, 0.3) is 16.7 Å². The number of aromatic nitrogens is 2. The van der Waals surface area contributed by atoms with E-state index in [0.717, 1.165) is 22.3 Å². The Hall–Kier alpha value is -2.42. The predicted octanol–water partition coefficient (Wildman–Crippen LogP) is 3.60. The highest BCUT2D eigenvalue weighted by atomic mass is 19.4. The van der Waals surface area contributed by atoms with Crippen LogP contribution < -0.4 is 10.6 Å². The predicted molar refractivity (Wildman–Crippen MR) is 105 cm³/mol. The van der Waals surface area contributed by atoms with Gasteiger partial charge in [0, 0.05) is 31.4 Å². The molecule has 0 radical (unpaired) electrons. The number of morpholine rings is 1. The highest BCUT2D eigenvalue weighted by Crippen LogP contribution is 2.25. The van der Waals surface area contributed by atoms with Gasteiger partial charge in [-0.1, -0.05) is 24.3 Å². The van der Waals surface area contributed by atoms with Gasteiger partial charge in [0.15, 0.2) is 6.10 Å². The Bertz CT molecular complexity index is 954. The van der Waals surface area contributed by atoms with Crippen LogP contribution in [0.3, 0.4) is 0 Å². The molecule has 2 aromatic carbocycles. The third-order valence-electron chi connectivity index (χ3n) is 5.20. The number of halogens is 3. The molecule has 4 rings (SSSR count). The smallest absolute Gasteiger partial charge is 0.362 e. The summed E-state index contributed by atoms with van der Waals surface area (Å²) in [5, 5.41) is 6.07. The molecule has 3 atom stereocenters. The fourth-order valence-corrected chi connectivity index (χ4v) is 3.53. The first-order chi connectivity index (χ1) is 13.9. The molecule has 1 fully saturated rings. The van der Waals surface area contributed by atoms with Gasteiger partial charge in [0.1, 0.15) is 6.33 Å². The molecule has 0 saturated carbocycles.